The van der Waals surface area contributed by atoms with E-state index >= 15 is 0 Å². The van der Waals surface area contributed by atoms with Gasteiger partial charge in [0.15, 0.2) is 0 Å². The van der Waals surface area contributed by atoms with Crippen LogP contribution in [0.5, 0.6) is 0 Å². The fraction of sp³-hybridized carbons (Fsp3) is 0.765. The molecule has 0 spiro atoms. The van der Waals surface area contributed by atoms with Crippen molar-refractivity contribution < 1.29 is 0 Å². The molecule has 0 bridgehead atoms. The molecule has 1 aliphatic rings. The minimum Gasteiger partial charge on any atom is -0.309 e. The molecule has 1 N–H and O–H groups in total. The Balaban J connectivity index is 1.80. The minimum atomic E-state index is 0.545. The largest absolute Gasteiger partial charge is 0.309 e. The third-order valence-electron chi connectivity index (χ3n) is 4.69. The van der Waals surface area contributed by atoms with Gasteiger partial charge >= 0.3 is 0 Å². The summed E-state index contributed by atoms with van der Waals surface area (Å²) >= 11 is 1.89. The van der Waals surface area contributed by atoms with E-state index in [1.54, 1.807) is 0 Å². The van der Waals surface area contributed by atoms with E-state index in [0.717, 1.165) is 11.8 Å². The van der Waals surface area contributed by atoms with Crippen molar-refractivity contribution in [3.63, 3.8) is 0 Å². The van der Waals surface area contributed by atoms with Crippen LogP contribution in [-0.2, 0) is 0 Å². The van der Waals surface area contributed by atoms with E-state index in [1.165, 1.54) is 43.5 Å². The van der Waals surface area contributed by atoms with Crippen molar-refractivity contribution in [2.75, 3.05) is 6.54 Å². The maximum absolute atomic E-state index is 3.83. The molecule has 2 heteroatoms. The average Bonchev–Trinajstić information content (AvgIpc) is 2.93. The smallest absolute Gasteiger partial charge is 0.0438 e. The summed E-state index contributed by atoms with van der Waals surface area (Å²) < 4.78 is 0. The van der Waals surface area contributed by atoms with Crippen LogP contribution in [0.15, 0.2) is 17.5 Å². The van der Waals surface area contributed by atoms with Crippen molar-refractivity contribution in [2.24, 2.45) is 17.8 Å². The van der Waals surface area contributed by atoms with Crippen molar-refractivity contribution in [1.82, 2.24) is 5.32 Å². The standard InChI is InChI=1S/C17H29NS/c1-4-14-7-9-15(10-8-14)12-18-17(13(2)3)16-6-5-11-19-16/h5-6,11,13-15,17-18H,4,7-10,12H2,1-3H3. The molecule has 1 fully saturated rings. The van der Waals surface area contributed by atoms with Gasteiger partial charge in [0.05, 0.1) is 0 Å². The fourth-order valence-corrected chi connectivity index (χ4v) is 4.24. The molecule has 0 radical (unpaired) electrons. The normalized spacial score (nSPS) is 25.7. The van der Waals surface area contributed by atoms with Crippen molar-refractivity contribution >= 4 is 11.3 Å². The Kier molecular flexibility index (Phi) is 5.90. The van der Waals surface area contributed by atoms with Gasteiger partial charge in [-0.15, -0.1) is 11.3 Å². The van der Waals surface area contributed by atoms with E-state index in [2.05, 4.69) is 43.6 Å². The zero-order valence-electron chi connectivity index (χ0n) is 12.7. The van der Waals surface area contributed by atoms with Gasteiger partial charge in [0.25, 0.3) is 0 Å². The second-order valence-corrected chi connectivity index (χ2v) is 7.42. The Morgan fingerprint density at radius 2 is 1.89 bits per heavy atom. The molecule has 1 heterocycles. The van der Waals surface area contributed by atoms with Crippen molar-refractivity contribution in [1.29, 1.82) is 0 Å². The van der Waals surface area contributed by atoms with Crippen LogP contribution in [0.3, 0.4) is 0 Å². The van der Waals surface area contributed by atoms with Gasteiger partial charge in [-0.2, -0.15) is 0 Å². The lowest BCUT2D eigenvalue weighted by Gasteiger charge is -2.30. The second kappa shape index (κ2) is 7.44. The summed E-state index contributed by atoms with van der Waals surface area (Å²) in [5, 5.41) is 6.03. The molecular weight excluding hydrogens is 250 g/mol. The lowest BCUT2D eigenvalue weighted by Crippen LogP contribution is -2.31. The number of rotatable bonds is 6. The Hall–Kier alpha value is -0.340. The molecule has 2 rings (SSSR count). The summed E-state index contributed by atoms with van der Waals surface area (Å²) in [6.45, 7) is 8.20. The molecule has 0 aliphatic heterocycles. The number of hydrogen-bond acceptors (Lipinski definition) is 2. The third-order valence-corrected chi connectivity index (χ3v) is 5.64. The molecule has 0 amide bonds. The van der Waals surface area contributed by atoms with E-state index in [0.29, 0.717) is 12.0 Å². The van der Waals surface area contributed by atoms with E-state index < -0.39 is 0 Å². The lowest BCUT2D eigenvalue weighted by molar-refractivity contribution is 0.250. The molecule has 0 aromatic carbocycles. The van der Waals surface area contributed by atoms with Gasteiger partial charge in [0.1, 0.15) is 0 Å². The van der Waals surface area contributed by atoms with E-state index in [9.17, 15) is 0 Å². The molecular formula is C17H29NS. The van der Waals surface area contributed by atoms with Gasteiger partial charge in [-0.05, 0) is 48.6 Å². The maximum Gasteiger partial charge on any atom is 0.0438 e. The van der Waals surface area contributed by atoms with Crippen LogP contribution >= 0.6 is 11.3 Å². The van der Waals surface area contributed by atoms with Crippen molar-refractivity contribution in [2.45, 2.75) is 58.9 Å². The Morgan fingerprint density at radius 3 is 2.42 bits per heavy atom. The van der Waals surface area contributed by atoms with Gasteiger partial charge in [-0.25, -0.2) is 0 Å². The fourth-order valence-electron chi connectivity index (χ4n) is 3.27. The average molecular weight is 279 g/mol. The maximum atomic E-state index is 3.83. The topological polar surface area (TPSA) is 12.0 Å². The number of thiophene rings is 1. The molecule has 1 aliphatic carbocycles. The summed E-state index contributed by atoms with van der Waals surface area (Å²) in [7, 11) is 0. The first-order valence-corrected chi connectivity index (χ1v) is 8.85. The van der Waals surface area contributed by atoms with Crippen molar-refractivity contribution in [3.05, 3.63) is 22.4 Å². The highest BCUT2D eigenvalue weighted by Gasteiger charge is 2.22. The Bertz CT molecular complexity index is 336. The van der Waals surface area contributed by atoms with Crippen LogP contribution in [0.1, 0.15) is 63.8 Å². The summed E-state index contributed by atoms with van der Waals surface area (Å²) in [5.74, 6) is 2.59. The summed E-state index contributed by atoms with van der Waals surface area (Å²) in [4.78, 5) is 1.50. The van der Waals surface area contributed by atoms with Gasteiger partial charge in [-0.3, -0.25) is 0 Å². The SMILES string of the molecule is CCC1CCC(CNC(c2cccs2)C(C)C)CC1. The highest BCUT2D eigenvalue weighted by atomic mass is 32.1. The molecule has 1 atom stereocenters. The monoisotopic (exact) mass is 279 g/mol. The first-order valence-electron chi connectivity index (χ1n) is 7.97. The van der Waals surface area contributed by atoms with Crippen LogP contribution in [0.25, 0.3) is 0 Å². The van der Waals surface area contributed by atoms with E-state index in [-0.39, 0.29) is 0 Å². The highest BCUT2D eigenvalue weighted by molar-refractivity contribution is 7.10. The summed E-state index contributed by atoms with van der Waals surface area (Å²) in [6, 6.07) is 4.99. The van der Waals surface area contributed by atoms with Crippen LogP contribution in [0.4, 0.5) is 0 Å². The molecule has 108 valence electrons. The van der Waals surface area contributed by atoms with Crippen LogP contribution in [0.2, 0.25) is 0 Å². The zero-order chi connectivity index (χ0) is 13.7. The van der Waals surface area contributed by atoms with Crippen LogP contribution in [0, 0.1) is 17.8 Å². The van der Waals surface area contributed by atoms with Crippen molar-refractivity contribution in [3.8, 4) is 0 Å². The highest BCUT2D eigenvalue weighted by Crippen LogP contribution is 2.31. The van der Waals surface area contributed by atoms with Gasteiger partial charge in [0.2, 0.25) is 0 Å². The Labute approximate surface area is 122 Å². The quantitative estimate of drug-likeness (QED) is 0.750. The molecule has 1 saturated carbocycles. The summed E-state index contributed by atoms with van der Waals surface area (Å²) in [5.41, 5.74) is 0. The first kappa shape index (κ1) is 15.1. The van der Waals surface area contributed by atoms with Crippen LogP contribution < -0.4 is 5.32 Å². The number of hydrogen-bond donors (Lipinski definition) is 1. The second-order valence-electron chi connectivity index (χ2n) is 6.44. The minimum absolute atomic E-state index is 0.545. The van der Waals surface area contributed by atoms with Gasteiger partial charge in [0, 0.05) is 10.9 Å². The molecule has 19 heavy (non-hydrogen) atoms. The van der Waals surface area contributed by atoms with E-state index in [1.807, 2.05) is 11.3 Å². The molecule has 1 nitrogen and oxygen atoms in total. The Morgan fingerprint density at radius 1 is 1.21 bits per heavy atom. The first-order chi connectivity index (χ1) is 9.20. The molecule has 1 aromatic rings. The van der Waals surface area contributed by atoms with Crippen LogP contribution in [-0.4, -0.2) is 6.54 Å². The zero-order valence-corrected chi connectivity index (χ0v) is 13.5. The van der Waals surface area contributed by atoms with Gasteiger partial charge < -0.3 is 5.32 Å². The summed E-state index contributed by atoms with van der Waals surface area (Å²) in [6.07, 6.45) is 7.15. The van der Waals surface area contributed by atoms with Gasteiger partial charge in [-0.1, -0.05) is 46.1 Å². The molecule has 1 aromatic heterocycles. The predicted molar refractivity (Wildman–Crippen MR) is 85.6 cm³/mol. The van der Waals surface area contributed by atoms with E-state index in [4.69, 9.17) is 0 Å². The molecule has 0 saturated heterocycles. The molecule has 1 unspecified atom stereocenters. The lowest BCUT2D eigenvalue weighted by atomic mass is 9.80. The number of nitrogens with one attached hydrogen (secondary N) is 1. The predicted octanol–water partition coefficient (Wildman–Crippen LogP) is 5.25. The third kappa shape index (κ3) is 4.32.